The van der Waals surface area contributed by atoms with Gasteiger partial charge in [-0.05, 0) is 48.9 Å². The number of benzene rings is 3. The van der Waals surface area contributed by atoms with Crippen molar-refractivity contribution in [3.05, 3.63) is 90.0 Å². The second-order valence-corrected chi connectivity index (χ2v) is 7.45. The minimum absolute atomic E-state index is 0.0886. The minimum Gasteiger partial charge on any atom is -0.491 e. The van der Waals surface area contributed by atoms with Crippen LogP contribution in [0.5, 0.6) is 5.75 Å². The third kappa shape index (κ3) is 7.66. The summed E-state index contributed by atoms with van der Waals surface area (Å²) >= 11 is 0. The van der Waals surface area contributed by atoms with Gasteiger partial charge in [0.25, 0.3) is 5.91 Å². The van der Waals surface area contributed by atoms with E-state index in [-0.39, 0.29) is 24.4 Å². The van der Waals surface area contributed by atoms with Crippen molar-refractivity contribution in [1.82, 2.24) is 5.32 Å². The number of amides is 2. The molecular weight excluding hydrogens is 418 g/mol. The van der Waals surface area contributed by atoms with Crippen LogP contribution in [-0.4, -0.2) is 38.7 Å². The number of anilines is 2. The van der Waals surface area contributed by atoms with E-state index in [1.54, 1.807) is 43.5 Å². The molecule has 0 aliphatic carbocycles. The van der Waals surface area contributed by atoms with Gasteiger partial charge in [-0.25, -0.2) is 0 Å². The molecular formula is C26H29N3O4. The van der Waals surface area contributed by atoms with E-state index in [4.69, 9.17) is 9.47 Å². The molecule has 7 heteroatoms. The summed E-state index contributed by atoms with van der Waals surface area (Å²) in [7, 11) is 1.61. The fourth-order valence-electron chi connectivity index (χ4n) is 3.14. The lowest BCUT2D eigenvalue weighted by Gasteiger charge is -2.14. The van der Waals surface area contributed by atoms with Gasteiger partial charge in [0.2, 0.25) is 5.91 Å². The smallest absolute Gasteiger partial charge is 0.251 e. The Bertz CT molecular complexity index is 1040. The molecule has 0 fully saturated rings. The van der Waals surface area contributed by atoms with Crippen LogP contribution in [0.25, 0.3) is 0 Å². The predicted octanol–water partition coefficient (Wildman–Crippen LogP) is 4.25. The van der Waals surface area contributed by atoms with Crippen LogP contribution in [0.3, 0.4) is 0 Å². The first-order chi connectivity index (χ1) is 16.0. The van der Waals surface area contributed by atoms with Crippen molar-refractivity contribution in [2.45, 2.75) is 13.0 Å². The Kier molecular flexibility index (Phi) is 8.85. The van der Waals surface area contributed by atoms with E-state index >= 15 is 0 Å². The van der Waals surface area contributed by atoms with E-state index in [1.165, 1.54) is 0 Å². The summed E-state index contributed by atoms with van der Waals surface area (Å²) in [5.41, 5.74) is 2.99. The first-order valence-electron chi connectivity index (χ1n) is 10.8. The van der Waals surface area contributed by atoms with Gasteiger partial charge in [-0.2, -0.15) is 0 Å². The molecule has 0 aliphatic heterocycles. The Hall–Kier alpha value is -3.84. The lowest BCUT2D eigenvalue weighted by Crippen LogP contribution is -2.26. The fourth-order valence-corrected chi connectivity index (χ4v) is 3.14. The Morgan fingerprint density at radius 1 is 0.879 bits per heavy atom. The number of nitrogens with one attached hydrogen (secondary N) is 3. The SMILES string of the molecule is COCCOc1cccc(NC(=O)CNc2ccc(C(=O)NC(C)c3ccccc3)cc2)c1. The summed E-state index contributed by atoms with van der Waals surface area (Å²) in [6.45, 7) is 2.97. The maximum Gasteiger partial charge on any atom is 0.251 e. The zero-order valence-electron chi connectivity index (χ0n) is 18.8. The third-order valence-corrected chi connectivity index (χ3v) is 4.92. The van der Waals surface area contributed by atoms with E-state index < -0.39 is 0 Å². The number of methoxy groups -OCH3 is 1. The van der Waals surface area contributed by atoms with Crippen LogP contribution in [0.4, 0.5) is 11.4 Å². The molecule has 0 radical (unpaired) electrons. The highest BCUT2D eigenvalue weighted by Crippen LogP contribution is 2.18. The van der Waals surface area contributed by atoms with Crippen LogP contribution in [-0.2, 0) is 9.53 Å². The van der Waals surface area contributed by atoms with E-state index in [2.05, 4.69) is 16.0 Å². The molecule has 3 rings (SSSR count). The second kappa shape index (κ2) is 12.3. The molecule has 0 aromatic heterocycles. The van der Waals surface area contributed by atoms with Gasteiger partial charge in [0.15, 0.2) is 0 Å². The monoisotopic (exact) mass is 447 g/mol. The Morgan fingerprint density at radius 2 is 1.64 bits per heavy atom. The number of hydrogen-bond donors (Lipinski definition) is 3. The van der Waals surface area contributed by atoms with Crippen molar-refractivity contribution in [2.75, 3.05) is 37.5 Å². The quantitative estimate of drug-likeness (QED) is 0.383. The summed E-state index contributed by atoms with van der Waals surface area (Å²) in [4.78, 5) is 24.8. The van der Waals surface area contributed by atoms with E-state index in [0.717, 1.165) is 11.3 Å². The number of rotatable bonds is 11. The van der Waals surface area contributed by atoms with Crippen molar-refractivity contribution in [3.63, 3.8) is 0 Å². The maximum atomic E-state index is 12.5. The lowest BCUT2D eigenvalue weighted by molar-refractivity contribution is -0.114. The number of hydrogen-bond acceptors (Lipinski definition) is 5. The van der Waals surface area contributed by atoms with Gasteiger partial charge in [0.05, 0.1) is 19.2 Å². The summed E-state index contributed by atoms with van der Waals surface area (Å²) in [5.74, 6) is 0.319. The first kappa shape index (κ1) is 23.8. The Labute approximate surface area is 194 Å². The van der Waals surface area contributed by atoms with Crippen LogP contribution in [0.15, 0.2) is 78.9 Å². The van der Waals surface area contributed by atoms with Gasteiger partial charge >= 0.3 is 0 Å². The van der Waals surface area contributed by atoms with Crippen LogP contribution < -0.4 is 20.7 Å². The van der Waals surface area contributed by atoms with E-state index in [0.29, 0.717) is 30.2 Å². The molecule has 0 heterocycles. The van der Waals surface area contributed by atoms with Crippen molar-refractivity contribution < 1.29 is 19.1 Å². The number of ether oxygens (including phenoxy) is 2. The highest BCUT2D eigenvalue weighted by Gasteiger charge is 2.11. The van der Waals surface area contributed by atoms with Gasteiger partial charge in [-0.3, -0.25) is 9.59 Å². The summed E-state index contributed by atoms with van der Waals surface area (Å²) in [5, 5.41) is 8.88. The van der Waals surface area contributed by atoms with Gasteiger partial charge < -0.3 is 25.4 Å². The molecule has 0 bridgehead atoms. The number of carbonyl (C=O) groups is 2. The zero-order chi connectivity index (χ0) is 23.5. The Balaban J connectivity index is 1.46. The largest absolute Gasteiger partial charge is 0.491 e. The average Bonchev–Trinajstić information content (AvgIpc) is 2.84. The maximum absolute atomic E-state index is 12.5. The van der Waals surface area contributed by atoms with Crippen LogP contribution in [0.1, 0.15) is 28.9 Å². The average molecular weight is 448 g/mol. The molecule has 0 aliphatic rings. The molecule has 0 saturated heterocycles. The first-order valence-corrected chi connectivity index (χ1v) is 10.8. The number of carbonyl (C=O) groups excluding carboxylic acids is 2. The second-order valence-electron chi connectivity index (χ2n) is 7.45. The standard InChI is InChI=1S/C26H29N3O4/c1-19(20-7-4-3-5-8-20)28-26(31)21-11-13-22(14-12-21)27-18-25(30)29-23-9-6-10-24(17-23)33-16-15-32-2/h3-14,17,19,27H,15-16,18H2,1-2H3,(H,28,31)(H,29,30). The molecule has 0 spiro atoms. The zero-order valence-corrected chi connectivity index (χ0v) is 18.8. The molecule has 0 saturated carbocycles. The van der Waals surface area contributed by atoms with Crippen molar-refractivity contribution in [2.24, 2.45) is 0 Å². The predicted molar refractivity (Wildman–Crippen MR) is 130 cm³/mol. The van der Waals surface area contributed by atoms with Gasteiger partial charge in [-0.1, -0.05) is 36.4 Å². The van der Waals surface area contributed by atoms with E-state index in [1.807, 2.05) is 49.4 Å². The molecule has 1 atom stereocenters. The molecule has 7 nitrogen and oxygen atoms in total. The highest BCUT2D eigenvalue weighted by molar-refractivity contribution is 5.95. The topological polar surface area (TPSA) is 88.7 Å². The van der Waals surface area contributed by atoms with Gasteiger partial charge in [-0.15, -0.1) is 0 Å². The van der Waals surface area contributed by atoms with E-state index in [9.17, 15) is 9.59 Å². The van der Waals surface area contributed by atoms with Crippen LogP contribution >= 0.6 is 0 Å². The summed E-state index contributed by atoms with van der Waals surface area (Å²) in [6.07, 6.45) is 0. The molecule has 3 aromatic carbocycles. The molecule has 2 amide bonds. The fraction of sp³-hybridized carbons (Fsp3) is 0.231. The van der Waals surface area contributed by atoms with Crippen molar-refractivity contribution >= 4 is 23.2 Å². The minimum atomic E-state index is -0.192. The third-order valence-electron chi connectivity index (χ3n) is 4.92. The van der Waals surface area contributed by atoms with Crippen LogP contribution in [0, 0.1) is 0 Å². The summed E-state index contributed by atoms with van der Waals surface area (Å²) in [6, 6.07) is 23.9. The Morgan fingerprint density at radius 3 is 2.36 bits per heavy atom. The van der Waals surface area contributed by atoms with Crippen LogP contribution in [0.2, 0.25) is 0 Å². The molecule has 3 N–H and O–H groups in total. The lowest BCUT2D eigenvalue weighted by atomic mass is 10.1. The molecule has 3 aromatic rings. The normalized spacial score (nSPS) is 11.3. The summed E-state index contributed by atoms with van der Waals surface area (Å²) < 4.78 is 10.5. The molecule has 33 heavy (non-hydrogen) atoms. The molecule has 172 valence electrons. The van der Waals surface area contributed by atoms with Gasteiger partial charge in [0, 0.05) is 30.1 Å². The van der Waals surface area contributed by atoms with Crippen molar-refractivity contribution in [1.29, 1.82) is 0 Å². The van der Waals surface area contributed by atoms with Crippen molar-refractivity contribution in [3.8, 4) is 5.75 Å². The highest BCUT2D eigenvalue weighted by atomic mass is 16.5. The van der Waals surface area contributed by atoms with Gasteiger partial charge in [0.1, 0.15) is 12.4 Å². The molecule has 1 unspecified atom stereocenters.